The largest absolute Gasteiger partial charge is 0.508 e. The van der Waals surface area contributed by atoms with E-state index in [1.54, 1.807) is 12.1 Å². The van der Waals surface area contributed by atoms with E-state index < -0.39 is 23.9 Å². The monoisotopic (exact) mass is 460 g/mol. The van der Waals surface area contributed by atoms with Crippen LogP contribution in [0.15, 0.2) is 39.2 Å². The number of nitrogen functional groups attached to an aromatic ring is 1. The molecule has 2 fully saturated rings. The maximum atomic E-state index is 12.9. The molecule has 1 aromatic carbocycles. The highest BCUT2D eigenvalue weighted by atomic mass is 32.2. The summed E-state index contributed by atoms with van der Waals surface area (Å²) in [6, 6.07) is 4.50. The van der Waals surface area contributed by atoms with Crippen LogP contribution in [0.25, 0.3) is 0 Å². The second-order valence-electron chi connectivity index (χ2n) is 7.32. The molecule has 3 amide bonds. The predicted octanol–water partition coefficient (Wildman–Crippen LogP) is 1.36. The number of nitrogens with zero attached hydrogens (tertiary/aromatic N) is 4. The Morgan fingerprint density at radius 2 is 2.00 bits per heavy atom. The normalized spacial score (nSPS) is 24.1. The molecule has 3 atom stereocenters. The van der Waals surface area contributed by atoms with Crippen LogP contribution in [0.2, 0.25) is 0 Å². The number of hydrogen-bond acceptors (Lipinski definition) is 9. The second kappa shape index (κ2) is 7.13. The van der Waals surface area contributed by atoms with Crippen molar-refractivity contribution in [2.24, 2.45) is 5.92 Å². The number of carbonyl (C=O) groups excluding carboxylic acids is 2. The minimum absolute atomic E-state index is 0.0675. The Bertz CT molecular complexity index is 1130. The van der Waals surface area contributed by atoms with Crippen molar-refractivity contribution < 1.29 is 24.6 Å². The van der Waals surface area contributed by atoms with Crippen molar-refractivity contribution in [3.8, 4) is 5.75 Å². The fourth-order valence-electron chi connectivity index (χ4n) is 4.30. The van der Waals surface area contributed by atoms with Crippen molar-refractivity contribution in [2.75, 3.05) is 17.6 Å². The first kappa shape index (κ1) is 19.6. The number of nitrogens with two attached hydrogens (primary N) is 1. The zero-order valence-electron chi connectivity index (χ0n) is 15.8. The topological polar surface area (TPSA) is 162 Å². The molecule has 31 heavy (non-hydrogen) atoms. The lowest BCUT2D eigenvalue weighted by atomic mass is 9.82. The number of likely N-dealkylation sites (tertiary alicyclic amines) is 1. The Kier molecular flexibility index (Phi) is 4.51. The number of allylic oxidation sites excluding steroid dienone is 1. The lowest BCUT2D eigenvalue weighted by Crippen LogP contribution is -2.69. The van der Waals surface area contributed by atoms with Crippen molar-refractivity contribution in [3.63, 3.8) is 0 Å². The van der Waals surface area contributed by atoms with Gasteiger partial charge in [0, 0.05) is 23.1 Å². The first-order valence-electron chi connectivity index (χ1n) is 9.26. The maximum absolute atomic E-state index is 12.9. The smallest absolute Gasteiger partial charge is 0.353 e. The van der Waals surface area contributed by atoms with Gasteiger partial charge in [-0.2, -0.15) is 0 Å². The molecule has 11 nitrogen and oxygen atoms in total. The molecule has 3 aliphatic rings. The van der Waals surface area contributed by atoms with Crippen LogP contribution >= 0.6 is 23.1 Å². The van der Waals surface area contributed by atoms with Gasteiger partial charge < -0.3 is 26.2 Å². The molecule has 0 radical (unpaired) electrons. The number of β-lactam (4-membered cyclic amide) rings is 1. The van der Waals surface area contributed by atoms with E-state index in [0.717, 1.165) is 23.1 Å². The number of aromatic hydroxyl groups is 1. The van der Waals surface area contributed by atoms with Gasteiger partial charge in [0.05, 0.1) is 6.04 Å². The number of phenols is 1. The van der Waals surface area contributed by atoms with E-state index in [4.69, 9.17) is 5.73 Å². The molecule has 5 rings (SSSR count). The first-order chi connectivity index (χ1) is 14.8. The van der Waals surface area contributed by atoms with Gasteiger partial charge in [0.1, 0.15) is 17.5 Å². The van der Waals surface area contributed by atoms with Crippen LogP contribution in [0.5, 0.6) is 5.75 Å². The van der Waals surface area contributed by atoms with Crippen molar-refractivity contribution in [1.82, 2.24) is 20.0 Å². The summed E-state index contributed by atoms with van der Waals surface area (Å²) in [6.45, 7) is 0.316. The molecule has 0 unspecified atom stereocenters. The molecule has 4 heterocycles. The van der Waals surface area contributed by atoms with Gasteiger partial charge in [-0.15, -0.1) is 10.2 Å². The number of amides is 3. The van der Waals surface area contributed by atoms with Gasteiger partial charge in [0.2, 0.25) is 5.13 Å². The van der Waals surface area contributed by atoms with Gasteiger partial charge in [-0.3, -0.25) is 9.69 Å². The highest BCUT2D eigenvalue weighted by molar-refractivity contribution is 8.04. The molecule has 0 saturated carbocycles. The van der Waals surface area contributed by atoms with Gasteiger partial charge in [-0.05, 0) is 30.7 Å². The Labute approximate surface area is 183 Å². The van der Waals surface area contributed by atoms with Gasteiger partial charge >= 0.3 is 12.0 Å². The van der Waals surface area contributed by atoms with Crippen LogP contribution in [0.1, 0.15) is 6.42 Å². The molecule has 13 heteroatoms. The highest BCUT2D eigenvalue weighted by Gasteiger charge is 2.64. The van der Waals surface area contributed by atoms with Crippen LogP contribution < -0.4 is 11.1 Å². The lowest BCUT2D eigenvalue weighted by molar-refractivity contribution is -0.155. The summed E-state index contributed by atoms with van der Waals surface area (Å²) in [7, 11) is 0. The number of hydrogen-bond donors (Lipinski definition) is 4. The minimum atomic E-state index is -1.20. The van der Waals surface area contributed by atoms with Crippen LogP contribution in [-0.4, -0.2) is 66.7 Å². The summed E-state index contributed by atoms with van der Waals surface area (Å²) in [4.78, 5) is 41.0. The number of carboxylic acids is 1. The summed E-state index contributed by atoms with van der Waals surface area (Å²) < 4.78 is 0.495. The molecule has 1 aromatic heterocycles. The van der Waals surface area contributed by atoms with Crippen molar-refractivity contribution in [3.05, 3.63) is 34.9 Å². The number of benzene rings is 1. The van der Waals surface area contributed by atoms with E-state index in [1.807, 2.05) is 0 Å². The fraction of sp³-hybridized carbons (Fsp3) is 0.278. The molecule has 5 N–H and O–H groups in total. The molecular formula is C18H16N6O5S2. The number of phenolic OH excluding ortho intramolecular Hbond substituents is 1. The average Bonchev–Trinajstić information content (AvgIpc) is 3.30. The molecule has 3 aliphatic heterocycles. The molecule has 2 saturated heterocycles. The standard InChI is InChI=1S/C18H16N6O5S2/c19-16-21-22-18(31-16)30-10-5-7-6-23(17(29)20-8-1-3-9(25)4-2-8)13-11(7)24(14(13)26)12(10)15(27)28/h1-4,7,11,13,25H,5-6H2,(H2,19,21)(H,20,29)(H,27,28)/t7-,11-,13+/m1/s1. The molecular weight excluding hydrogens is 444 g/mol. The third-order valence-corrected chi connectivity index (χ3v) is 7.44. The maximum Gasteiger partial charge on any atom is 0.353 e. The van der Waals surface area contributed by atoms with Crippen LogP contribution in [0.3, 0.4) is 0 Å². The minimum Gasteiger partial charge on any atom is -0.508 e. The van der Waals surface area contributed by atoms with Gasteiger partial charge in [-0.1, -0.05) is 23.1 Å². The van der Waals surface area contributed by atoms with E-state index in [0.29, 0.717) is 27.9 Å². The van der Waals surface area contributed by atoms with E-state index in [-0.39, 0.29) is 28.5 Å². The predicted molar refractivity (Wildman–Crippen MR) is 111 cm³/mol. The first-order valence-corrected chi connectivity index (χ1v) is 10.9. The van der Waals surface area contributed by atoms with Gasteiger partial charge in [0.15, 0.2) is 4.34 Å². The summed E-state index contributed by atoms with van der Waals surface area (Å²) in [5.74, 6) is -1.63. The summed E-state index contributed by atoms with van der Waals surface area (Å²) in [6.07, 6.45) is 0.403. The average molecular weight is 460 g/mol. The number of nitrogens with one attached hydrogen (secondary N) is 1. The number of rotatable bonds is 4. The Hall–Kier alpha value is -3.32. The Morgan fingerprint density at radius 3 is 2.65 bits per heavy atom. The number of aliphatic carboxylic acids is 1. The molecule has 0 spiro atoms. The van der Waals surface area contributed by atoms with Crippen LogP contribution in [-0.2, 0) is 9.59 Å². The van der Waals surface area contributed by atoms with E-state index in [1.165, 1.54) is 21.9 Å². The lowest BCUT2D eigenvalue weighted by Gasteiger charge is -2.49. The zero-order chi connectivity index (χ0) is 21.9. The fourth-order valence-corrected chi connectivity index (χ4v) is 6.24. The number of aromatic nitrogens is 2. The van der Waals surface area contributed by atoms with Crippen LogP contribution in [0.4, 0.5) is 15.6 Å². The summed E-state index contributed by atoms with van der Waals surface area (Å²) in [5.41, 5.74) is 6.03. The van der Waals surface area contributed by atoms with E-state index in [9.17, 15) is 24.6 Å². The number of anilines is 2. The summed E-state index contributed by atoms with van der Waals surface area (Å²) in [5, 5.41) is 29.8. The third-order valence-electron chi connectivity index (χ3n) is 5.53. The number of thioether (sulfide) groups is 1. The molecule has 0 bridgehead atoms. The van der Waals surface area contributed by atoms with E-state index >= 15 is 0 Å². The Balaban J connectivity index is 1.39. The molecule has 0 aliphatic carbocycles. The van der Waals surface area contributed by atoms with E-state index in [2.05, 4.69) is 15.5 Å². The van der Waals surface area contributed by atoms with Gasteiger partial charge in [-0.25, -0.2) is 9.59 Å². The second-order valence-corrected chi connectivity index (χ2v) is 9.67. The number of carboxylic acid groups (broad SMARTS) is 1. The zero-order valence-corrected chi connectivity index (χ0v) is 17.4. The SMILES string of the molecule is Nc1nnc(SC2=C(C(=O)O)N3C(=O)[C@@H]4[C@H]3[C@H](C2)CN4C(=O)Nc2ccc(O)cc2)s1. The molecule has 2 aromatic rings. The number of carbonyl (C=O) groups is 3. The van der Waals surface area contributed by atoms with Gasteiger partial charge in [0.25, 0.3) is 5.91 Å². The molecule has 160 valence electrons. The third kappa shape index (κ3) is 3.16. The van der Waals surface area contributed by atoms with Crippen molar-refractivity contribution in [1.29, 1.82) is 0 Å². The van der Waals surface area contributed by atoms with Crippen molar-refractivity contribution in [2.45, 2.75) is 22.8 Å². The number of urea groups is 1. The van der Waals surface area contributed by atoms with Crippen molar-refractivity contribution >= 4 is 51.8 Å². The van der Waals surface area contributed by atoms with Crippen LogP contribution in [0, 0.1) is 5.92 Å². The summed E-state index contributed by atoms with van der Waals surface area (Å²) >= 11 is 2.28. The Morgan fingerprint density at radius 1 is 1.26 bits per heavy atom. The highest BCUT2D eigenvalue weighted by Crippen LogP contribution is 2.50. The quantitative estimate of drug-likeness (QED) is 0.390.